The van der Waals surface area contributed by atoms with Crippen molar-refractivity contribution in [3.63, 3.8) is 0 Å². The van der Waals surface area contributed by atoms with E-state index in [1.807, 2.05) is 20.8 Å². The highest BCUT2D eigenvalue weighted by Crippen LogP contribution is 2.26. The van der Waals surface area contributed by atoms with Crippen LogP contribution in [0, 0.1) is 20.8 Å². The van der Waals surface area contributed by atoms with E-state index in [1.54, 1.807) is 4.90 Å². The SMILES string of the molecule is Cc1oc(C)c(C(=O)N2CCC[C@H]2CO)c1C. The Bertz CT molecular complexity index is 436. The van der Waals surface area contributed by atoms with E-state index in [4.69, 9.17) is 4.42 Å². The van der Waals surface area contributed by atoms with Gasteiger partial charge in [-0.3, -0.25) is 4.79 Å². The van der Waals surface area contributed by atoms with Crippen LogP contribution >= 0.6 is 0 Å². The summed E-state index contributed by atoms with van der Waals surface area (Å²) in [7, 11) is 0. The molecule has 1 saturated heterocycles. The second-order valence-corrected chi connectivity index (χ2v) is 4.69. The fraction of sp³-hybridized carbons (Fsp3) is 0.615. The number of likely N-dealkylation sites (tertiary alicyclic amines) is 1. The molecule has 1 N–H and O–H groups in total. The molecule has 4 nitrogen and oxygen atoms in total. The summed E-state index contributed by atoms with van der Waals surface area (Å²) in [5.74, 6) is 1.47. The van der Waals surface area contributed by atoms with Crippen LogP contribution in [0.5, 0.6) is 0 Å². The second kappa shape index (κ2) is 4.53. The van der Waals surface area contributed by atoms with Crippen molar-refractivity contribution < 1.29 is 14.3 Å². The predicted octanol–water partition coefficient (Wildman–Crippen LogP) is 1.80. The molecule has 2 rings (SSSR count). The molecule has 0 bridgehead atoms. The number of aliphatic hydroxyl groups is 1. The van der Waals surface area contributed by atoms with Crippen molar-refractivity contribution in [3.05, 3.63) is 22.6 Å². The number of aliphatic hydroxyl groups excluding tert-OH is 1. The molecule has 94 valence electrons. The third-order valence-electron chi connectivity index (χ3n) is 3.62. The van der Waals surface area contributed by atoms with Crippen LogP contribution in [-0.2, 0) is 0 Å². The van der Waals surface area contributed by atoms with Crippen LogP contribution in [0.2, 0.25) is 0 Å². The summed E-state index contributed by atoms with van der Waals surface area (Å²) in [6.07, 6.45) is 1.85. The van der Waals surface area contributed by atoms with E-state index in [1.165, 1.54) is 0 Å². The first-order valence-electron chi connectivity index (χ1n) is 6.04. The molecular weight excluding hydrogens is 218 g/mol. The molecule has 1 atom stereocenters. The van der Waals surface area contributed by atoms with Gasteiger partial charge >= 0.3 is 0 Å². The lowest BCUT2D eigenvalue weighted by atomic mass is 10.1. The topological polar surface area (TPSA) is 53.7 Å². The van der Waals surface area contributed by atoms with Gasteiger partial charge in [-0.15, -0.1) is 0 Å². The van der Waals surface area contributed by atoms with Gasteiger partial charge in [0.05, 0.1) is 18.2 Å². The Morgan fingerprint density at radius 2 is 2.12 bits per heavy atom. The fourth-order valence-corrected chi connectivity index (χ4v) is 2.54. The van der Waals surface area contributed by atoms with E-state index in [0.29, 0.717) is 11.3 Å². The predicted molar refractivity (Wildman–Crippen MR) is 64.1 cm³/mol. The number of amides is 1. The molecular formula is C13H19NO3. The maximum atomic E-state index is 12.4. The molecule has 1 aromatic rings. The number of hydrogen-bond acceptors (Lipinski definition) is 3. The van der Waals surface area contributed by atoms with Crippen molar-refractivity contribution >= 4 is 5.91 Å². The zero-order valence-electron chi connectivity index (χ0n) is 10.6. The van der Waals surface area contributed by atoms with E-state index in [-0.39, 0.29) is 18.6 Å². The zero-order chi connectivity index (χ0) is 12.6. The van der Waals surface area contributed by atoms with Crippen molar-refractivity contribution in [1.82, 2.24) is 4.90 Å². The number of carbonyl (C=O) groups is 1. The largest absolute Gasteiger partial charge is 0.466 e. The Kier molecular flexibility index (Phi) is 3.24. The van der Waals surface area contributed by atoms with Crippen LogP contribution in [0.1, 0.15) is 40.3 Å². The molecule has 1 fully saturated rings. The van der Waals surface area contributed by atoms with Gasteiger partial charge in [-0.05, 0) is 33.6 Å². The van der Waals surface area contributed by atoms with Crippen LogP contribution in [0.25, 0.3) is 0 Å². The van der Waals surface area contributed by atoms with Crippen molar-refractivity contribution in [2.45, 2.75) is 39.7 Å². The second-order valence-electron chi connectivity index (χ2n) is 4.69. The van der Waals surface area contributed by atoms with Gasteiger partial charge in [0.2, 0.25) is 0 Å². The molecule has 1 amide bonds. The molecule has 0 unspecified atom stereocenters. The summed E-state index contributed by atoms with van der Waals surface area (Å²) >= 11 is 0. The minimum absolute atomic E-state index is 0.00611. The third kappa shape index (κ3) is 1.97. The van der Waals surface area contributed by atoms with Gasteiger partial charge in [-0.25, -0.2) is 0 Å². The van der Waals surface area contributed by atoms with Crippen LogP contribution < -0.4 is 0 Å². The van der Waals surface area contributed by atoms with E-state index >= 15 is 0 Å². The molecule has 1 aromatic heterocycles. The van der Waals surface area contributed by atoms with Gasteiger partial charge < -0.3 is 14.4 Å². The van der Waals surface area contributed by atoms with Crippen LogP contribution in [0.4, 0.5) is 0 Å². The lowest BCUT2D eigenvalue weighted by molar-refractivity contribution is 0.0675. The summed E-state index contributed by atoms with van der Waals surface area (Å²) in [6, 6.07) is -0.0310. The van der Waals surface area contributed by atoms with Crippen molar-refractivity contribution in [1.29, 1.82) is 0 Å². The Morgan fingerprint density at radius 1 is 1.41 bits per heavy atom. The quantitative estimate of drug-likeness (QED) is 0.853. The average Bonchev–Trinajstić information content (AvgIpc) is 2.84. The number of hydrogen-bond donors (Lipinski definition) is 1. The molecule has 17 heavy (non-hydrogen) atoms. The van der Waals surface area contributed by atoms with Crippen molar-refractivity contribution in [2.75, 3.05) is 13.2 Å². The minimum atomic E-state index is -0.0310. The molecule has 0 spiro atoms. The van der Waals surface area contributed by atoms with E-state index < -0.39 is 0 Å². The highest BCUT2D eigenvalue weighted by Gasteiger charge is 2.31. The molecule has 0 aliphatic carbocycles. The average molecular weight is 237 g/mol. The van der Waals surface area contributed by atoms with Crippen LogP contribution in [-0.4, -0.2) is 35.1 Å². The van der Waals surface area contributed by atoms with E-state index in [0.717, 1.165) is 30.7 Å². The maximum absolute atomic E-state index is 12.4. The Morgan fingerprint density at radius 3 is 2.65 bits per heavy atom. The lowest BCUT2D eigenvalue weighted by Crippen LogP contribution is -2.38. The number of furan rings is 1. The Balaban J connectivity index is 2.31. The summed E-state index contributed by atoms with van der Waals surface area (Å²) in [5, 5.41) is 9.26. The van der Waals surface area contributed by atoms with Crippen molar-refractivity contribution in [2.24, 2.45) is 0 Å². The van der Waals surface area contributed by atoms with Gasteiger partial charge in [0.15, 0.2) is 0 Å². The van der Waals surface area contributed by atoms with Crippen LogP contribution in [0.15, 0.2) is 4.42 Å². The fourth-order valence-electron chi connectivity index (χ4n) is 2.54. The molecule has 1 aliphatic heterocycles. The van der Waals surface area contributed by atoms with Crippen molar-refractivity contribution in [3.8, 4) is 0 Å². The van der Waals surface area contributed by atoms with Crippen LogP contribution in [0.3, 0.4) is 0 Å². The standard InChI is InChI=1S/C13H19NO3/c1-8-9(2)17-10(3)12(8)13(16)14-6-4-5-11(14)7-15/h11,15H,4-7H2,1-3H3/t11-/m0/s1. The Hall–Kier alpha value is -1.29. The van der Waals surface area contributed by atoms with Gasteiger partial charge in [-0.2, -0.15) is 0 Å². The monoisotopic (exact) mass is 237 g/mol. The molecule has 0 radical (unpaired) electrons. The number of nitrogens with zero attached hydrogens (tertiary/aromatic N) is 1. The van der Waals surface area contributed by atoms with Gasteiger partial charge in [0.25, 0.3) is 5.91 Å². The molecule has 4 heteroatoms. The first-order valence-corrected chi connectivity index (χ1v) is 6.04. The minimum Gasteiger partial charge on any atom is -0.466 e. The highest BCUT2D eigenvalue weighted by atomic mass is 16.3. The lowest BCUT2D eigenvalue weighted by Gasteiger charge is -2.23. The smallest absolute Gasteiger partial charge is 0.258 e. The van der Waals surface area contributed by atoms with Gasteiger partial charge in [0.1, 0.15) is 11.5 Å². The van der Waals surface area contributed by atoms with E-state index in [2.05, 4.69) is 0 Å². The molecule has 0 aromatic carbocycles. The molecule has 0 saturated carbocycles. The molecule has 1 aliphatic rings. The summed E-state index contributed by atoms with van der Waals surface area (Å²) in [6.45, 7) is 6.36. The highest BCUT2D eigenvalue weighted by molar-refractivity contribution is 5.97. The third-order valence-corrected chi connectivity index (χ3v) is 3.62. The number of rotatable bonds is 2. The zero-order valence-corrected chi connectivity index (χ0v) is 10.6. The first-order chi connectivity index (χ1) is 8.06. The number of aryl methyl sites for hydroxylation is 2. The summed E-state index contributed by atoms with van der Waals surface area (Å²) < 4.78 is 5.48. The van der Waals surface area contributed by atoms with Gasteiger partial charge in [0, 0.05) is 12.1 Å². The van der Waals surface area contributed by atoms with E-state index in [9.17, 15) is 9.90 Å². The normalized spacial score (nSPS) is 20.0. The summed E-state index contributed by atoms with van der Waals surface area (Å²) in [4.78, 5) is 14.2. The number of carbonyl (C=O) groups excluding carboxylic acids is 1. The summed E-state index contributed by atoms with van der Waals surface area (Å²) in [5.41, 5.74) is 1.58. The first kappa shape index (κ1) is 12.2. The maximum Gasteiger partial charge on any atom is 0.258 e. The van der Waals surface area contributed by atoms with Gasteiger partial charge in [-0.1, -0.05) is 0 Å². The Labute approximate surface area is 101 Å². The molecule has 2 heterocycles.